The number of hydrogen-bond acceptors (Lipinski definition) is 4. The molecule has 0 fully saturated rings. The van der Waals surface area contributed by atoms with Crippen LogP contribution < -0.4 is 0 Å². The number of pyridine rings is 1. The van der Waals surface area contributed by atoms with Gasteiger partial charge in [-0.3, -0.25) is 4.98 Å². The molecule has 0 aliphatic rings. The molecule has 0 spiro atoms. The van der Waals surface area contributed by atoms with Crippen molar-refractivity contribution in [2.45, 2.75) is 0 Å². The van der Waals surface area contributed by atoms with Gasteiger partial charge in [0.25, 0.3) is 0 Å². The van der Waals surface area contributed by atoms with E-state index in [1.807, 2.05) is 0 Å². The Morgan fingerprint density at radius 2 is 1.70 bits per heavy atom. The molecule has 1 N–H and O–H groups in total. The SMILES string of the molecule is Fc1cc(F)cc(-c2ncccc2-c2ncnc3nc[nH]c23)c1. The van der Waals surface area contributed by atoms with E-state index in [9.17, 15) is 8.78 Å². The molecule has 0 bridgehead atoms. The van der Waals surface area contributed by atoms with E-state index in [-0.39, 0.29) is 0 Å². The summed E-state index contributed by atoms with van der Waals surface area (Å²) in [7, 11) is 0. The van der Waals surface area contributed by atoms with Gasteiger partial charge >= 0.3 is 0 Å². The van der Waals surface area contributed by atoms with Crippen molar-refractivity contribution in [1.29, 1.82) is 0 Å². The second-order valence-electron chi connectivity index (χ2n) is 4.88. The summed E-state index contributed by atoms with van der Waals surface area (Å²) >= 11 is 0. The van der Waals surface area contributed by atoms with Gasteiger partial charge in [-0.05, 0) is 24.3 Å². The molecule has 0 aliphatic carbocycles. The first-order chi connectivity index (χ1) is 11.2. The largest absolute Gasteiger partial charge is 0.341 e. The average molecular weight is 309 g/mol. The molecule has 7 heteroatoms. The molecule has 1 aromatic carbocycles. The van der Waals surface area contributed by atoms with Gasteiger partial charge in [0.15, 0.2) is 5.65 Å². The Balaban J connectivity index is 1.99. The van der Waals surface area contributed by atoms with Crippen LogP contribution in [0, 0.1) is 11.6 Å². The number of rotatable bonds is 2. The Morgan fingerprint density at radius 3 is 2.52 bits per heavy atom. The molecule has 112 valence electrons. The van der Waals surface area contributed by atoms with Gasteiger partial charge in [-0.2, -0.15) is 0 Å². The average Bonchev–Trinajstić information content (AvgIpc) is 3.02. The van der Waals surface area contributed by atoms with Gasteiger partial charge in [-0.15, -0.1) is 0 Å². The number of fused-ring (bicyclic) bond motifs is 1. The van der Waals surface area contributed by atoms with Crippen LogP contribution >= 0.6 is 0 Å². The van der Waals surface area contributed by atoms with Crippen molar-refractivity contribution in [3.63, 3.8) is 0 Å². The second kappa shape index (κ2) is 5.20. The summed E-state index contributed by atoms with van der Waals surface area (Å²) in [6.07, 6.45) is 4.47. The van der Waals surface area contributed by atoms with Gasteiger partial charge in [0.05, 0.1) is 12.0 Å². The predicted molar refractivity (Wildman–Crippen MR) is 80.3 cm³/mol. The Bertz CT molecular complexity index is 992. The number of aromatic nitrogens is 5. The van der Waals surface area contributed by atoms with E-state index in [1.54, 1.807) is 18.3 Å². The summed E-state index contributed by atoms with van der Waals surface area (Å²) in [5, 5.41) is 0. The highest BCUT2D eigenvalue weighted by molar-refractivity contribution is 5.91. The van der Waals surface area contributed by atoms with E-state index in [0.29, 0.717) is 33.7 Å². The monoisotopic (exact) mass is 309 g/mol. The Morgan fingerprint density at radius 1 is 0.870 bits per heavy atom. The third kappa shape index (κ3) is 2.32. The van der Waals surface area contributed by atoms with E-state index < -0.39 is 11.6 Å². The lowest BCUT2D eigenvalue weighted by Crippen LogP contribution is -1.94. The van der Waals surface area contributed by atoms with Gasteiger partial charge in [-0.1, -0.05) is 0 Å². The summed E-state index contributed by atoms with van der Waals surface area (Å²) in [5.41, 5.74) is 3.12. The predicted octanol–water partition coefficient (Wildman–Crippen LogP) is 3.36. The number of hydrogen-bond donors (Lipinski definition) is 1. The van der Waals surface area contributed by atoms with Gasteiger partial charge in [0.1, 0.15) is 29.2 Å². The second-order valence-corrected chi connectivity index (χ2v) is 4.88. The van der Waals surface area contributed by atoms with E-state index in [1.165, 1.54) is 24.8 Å². The van der Waals surface area contributed by atoms with Crippen molar-refractivity contribution >= 4 is 11.2 Å². The van der Waals surface area contributed by atoms with Crippen LogP contribution in [0.3, 0.4) is 0 Å². The van der Waals surface area contributed by atoms with Gasteiger partial charge in [0.2, 0.25) is 0 Å². The molecule has 5 nitrogen and oxygen atoms in total. The molecule has 0 radical (unpaired) electrons. The van der Waals surface area contributed by atoms with Gasteiger partial charge in [0, 0.05) is 23.4 Å². The minimum Gasteiger partial charge on any atom is -0.341 e. The standard InChI is InChI=1S/C16H9F2N5/c17-10-4-9(5-11(18)6-10)13-12(2-1-3-19-13)14-15-16(22-7-20-14)23-8-21-15/h1-8H,(H,20,21,22,23). The number of nitrogens with zero attached hydrogens (tertiary/aromatic N) is 4. The molecule has 0 unspecified atom stereocenters. The van der Waals surface area contributed by atoms with Crippen molar-refractivity contribution < 1.29 is 8.78 Å². The van der Waals surface area contributed by atoms with Crippen molar-refractivity contribution in [2.24, 2.45) is 0 Å². The molecule has 3 heterocycles. The number of nitrogens with one attached hydrogen (secondary N) is 1. The molecule has 0 saturated carbocycles. The number of H-pyrrole nitrogens is 1. The molecular weight excluding hydrogens is 300 g/mol. The van der Waals surface area contributed by atoms with Crippen LogP contribution in [-0.4, -0.2) is 24.9 Å². The molecule has 0 saturated heterocycles. The molecular formula is C16H9F2N5. The maximum Gasteiger partial charge on any atom is 0.181 e. The van der Waals surface area contributed by atoms with E-state index in [2.05, 4.69) is 24.9 Å². The van der Waals surface area contributed by atoms with Gasteiger partial charge < -0.3 is 4.98 Å². The summed E-state index contributed by atoms with van der Waals surface area (Å²) < 4.78 is 27.1. The minimum absolute atomic E-state index is 0.337. The minimum atomic E-state index is -0.661. The summed E-state index contributed by atoms with van der Waals surface area (Å²) in [6.45, 7) is 0. The first-order valence-corrected chi connectivity index (χ1v) is 6.78. The lowest BCUT2D eigenvalue weighted by Gasteiger charge is -2.09. The number of imidazole rings is 1. The van der Waals surface area contributed by atoms with Crippen molar-refractivity contribution in [3.05, 3.63) is 60.8 Å². The third-order valence-electron chi connectivity index (χ3n) is 3.42. The maximum absolute atomic E-state index is 13.5. The summed E-state index contributed by atoms with van der Waals surface area (Å²) in [4.78, 5) is 19.7. The van der Waals surface area contributed by atoms with Crippen LogP contribution in [0.15, 0.2) is 49.2 Å². The maximum atomic E-state index is 13.5. The zero-order valence-electron chi connectivity index (χ0n) is 11.7. The van der Waals surface area contributed by atoms with Crippen molar-refractivity contribution in [2.75, 3.05) is 0 Å². The normalized spacial score (nSPS) is 11.0. The Labute approximate surface area is 129 Å². The van der Waals surface area contributed by atoms with Crippen LogP contribution in [0.25, 0.3) is 33.7 Å². The molecule has 23 heavy (non-hydrogen) atoms. The highest BCUT2D eigenvalue weighted by Gasteiger charge is 2.15. The number of aromatic amines is 1. The Hall–Kier alpha value is -3.22. The Kier molecular flexibility index (Phi) is 3.04. The molecule has 4 rings (SSSR count). The highest BCUT2D eigenvalue weighted by Crippen LogP contribution is 2.32. The topological polar surface area (TPSA) is 67.3 Å². The third-order valence-corrected chi connectivity index (χ3v) is 3.42. The molecule has 0 aliphatic heterocycles. The van der Waals surface area contributed by atoms with Gasteiger partial charge in [-0.25, -0.2) is 23.7 Å². The molecule has 0 amide bonds. The fourth-order valence-electron chi connectivity index (χ4n) is 2.49. The van der Waals surface area contributed by atoms with Crippen LogP contribution in [-0.2, 0) is 0 Å². The molecule has 3 aromatic heterocycles. The van der Waals surface area contributed by atoms with Crippen molar-refractivity contribution in [3.8, 4) is 22.5 Å². The first-order valence-electron chi connectivity index (χ1n) is 6.78. The summed E-state index contributed by atoms with van der Waals surface area (Å²) in [5.74, 6) is -1.32. The summed E-state index contributed by atoms with van der Waals surface area (Å²) in [6, 6.07) is 6.82. The zero-order valence-corrected chi connectivity index (χ0v) is 11.7. The van der Waals surface area contributed by atoms with Crippen LogP contribution in [0.4, 0.5) is 8.78 Å². The van der Waals surface area contributed by atoms with Crippen LogP contribution in [0.1, 0.15) is 0 Å². The van der Waals surface area contributed by atoms with E-state index >= 15 is 0 Å². The zero-order chi connectivity index (χ0) is 15.8. The van der Waals surface area contributed by atoms with Crippen molar-refractivity contribution in [1.82, 2.24) is 24.9 Å². The smallest absolute Gasteiger partial charge is 0.181 e. The number of benzene rings is 1. The molecule has 0 atom stereocenters. The van der Waals surface area contributed by atoms with E-state index in [0.717, 1.165) is 6.07 Å². The van der Waals surface area contributed by atoms with Crippen LogP contribution in [0.2, 0.25) is 0 Å². The highest BCUT2D eigenvalue weighted by atomic mass is 19.1. The lowest BCUT2D eigenvalue weighted by atomic mass is 10.0. The first kappa shape index (κ1) is 13.4. The van der Waals surface area contributed by atoms with Crippen LogP contribution in [0.5, 0.6) is 0 Å². The molecule has 4 aromatic rings. The lowest BCUT2D eigenvalue weighted by molar-refractivity contribution is 0.584. The fourth-order valence-corrected chi connectivity index (χ4v) is 2.49. The number of halogens is 2. The quantitative estimate of drug-likeness (QED) is 0.616. The van der Waals surface area contributed by atoms with E-state index in [4.69, 9.17) is 0 Å². The fraction of sp³-hybridized carbons (Fsp3) is 0.